The van der Waals surface area contributed by atoms with Gasteiger partial charge >= 0.3 is 78.1 Å². The molecule has 0 atom stereocenters. The fourth-order valence-electron chi connectivity index (χ4n) is 0. The summed E-state index contributed by atoms with van der Waals surface area (Å²) in [6.45, 7) is 0. The van der Waals surface area contributed by atoms with Crippen LogP contribution in [0.5, 0.6) is 0 Å². The molecule has 0 radical (unpaired) electrons. The van der Waals surface area contributed by atoms with Crippen LogP contribution in [-0.2, 0) is 9.13 Å². The minimum atomic E-state index is -5.14. The molecular weight excluding hydrogens is 236 g/mol. The Labute approximate surface area is 122 Å². The quantitative estimate of drug-likeness (QED) is 0.239. The third-order valence-corrected chi connectivity index (χ3v) is 0. The van der Waals surface area contributed by atoms with Crippen LogP contribution in [-0.4, -0.2) is 19.6 Å². The second-order valence-corrected chi connectivity index (χ2v) is 2.95. The minimum absolute atomic E-state index is 0. The van der Waals surface area contributed by atoms with Crippen molar-refractivity contribution in [1.29, 1.82) is 0 Å². The average molecular weight is 240 g/mol. The molecule has 0 aromatic rings. The molecule has 12 heteroatoms. The van der Waals surface area contributed by atoms with Gasteiger partial charge in [-0.15, -0.1) is 0 Å². The van der Waals surface area contributed by atoms with E-state index in [9.17, 15) is 0 Å². The first-order chi connectivity index (χ1) is 4.00. The van der Waals surface area contributed by atoms with E-state index in [2.05, 4.69) is 0 Å². The second kappa shape index (κ2) is 9.99. The molecule has 0 spiro atoms. The standard InChI is InChI=1S/K.Li.2H3O4P/c;;2*1-5(2,3)4/h;;2*(H3,1,2,3,4)/q2*+1;;/p-2. The largest absolute Gasteiger partial charge is 1.00 e. The third kappa shape index (κ3) is 271. The molecule has 0 aromatic heterocycles. The summed E-state index contributed by atoms with van der Waals surface area (Å²) in [7, 11) is -9.78. The second-order valence-electron chi connectivity index (χ2n) is 0.982. The topological polar surface area (TPSA) is 161 Å². The first kappa shape index (κ1) is 23.9. The Bertz CT molecular complexity index is 129. The van der Waals surface area contributed by atoms with Crippen molar-refractivity contribution in [3.05, 3.63) is 0 Å². The van der Waals surface area contributed by atoms with E-state index in [0.29, 0.717) is 0 Å². The molecule has 0 aromatic carbocycles. The third-order valence-electron chi connectivity index (χ3n) is 0. The van der Waals surface area contributed by atoms with Gasteiger partial charge in [0.25, 0.3) is 0 Å². The van der Waals surface area contributed by atoms with Crippen LogP contribution in [0.1, 0.15) is 0 Å². The van der Waals surface area contributed by atoms with Crippen LogP contribution in [0, 0.1) is 0 Å². The van der Waals surface area contributed by atoms with Gasteiger partial charge in [0.2, 0.25) is 0 Å². The van der Waals surface area contributed by atoms with Crippen molar-refractivity contribution in [2.45, 2.75) is 0 Å². The molecule has 0 rings (SSSR count). The summed E-state index contributed by atoms with van der Waals surface area (Å²) >= 11 is 0. The molecule has 0 aliphatic carbocycles. The van der Waals surface area contributed by atoms with Gasteiger partial charge in [-0.05, 0) is 0 Å². The van der Waals surface area contributed by atoms with Gasteiger partial charge in [-0.2, -0.15) is 0 Å². The molecular formula is H4KLiO8P2. The fraction of sp³-hybridized carbons (Fsp3) is 0. The SMILES string of the molecule is O=P(O)(O)O.O=P([O-])([O-])O.[K+].[Li+]. The predicted octanol–water partition coefficient (Wildman–Crippen LogP) is -9.11. The smallest absolute Gasteiger partial charge is 0.790 e. The molecule has 0 bridgehead atoms. The van der Waals surface area contributed by atoms with E-state index < -0.39 is 15.6 Å². The van der Waals surface area contributed by atoms with Crippen LogP contribution in [0.25, 0.3) is 0 Å². The van der Waals surface area contributed by atoms with Crippen molar-refractivity contribution < 1.29 is 109 Å². The Morgan fingerprint density at radius 2 is 0.917 bits per heavy atom. The monoisotopic (exact) mass is 240 g/mol. The zero-order valence-electron chi connectivity index (χ0n) is 6.32. The number of rotatable bonds is 0. The summed E-state index contributed by atoms with van der Waals surface area (Å²) < 4.78 is 17.5. The van der Waals surface area contributed by atoms with Gasteiger partial charge in [0.15, 0.2) is 0 Å². The normalized spacial score (nSPS) is 9.83. The zero-order valence-corrected chi connectivity index (χ0v) is 11.2. The van der Waals surface area contributed by atoms with Gasteiger partial charge in [0.05, 0.1) is 7.82 Å². The molecule has 4 N–H and O–H groups in total. The van der Waals surface area contributed by atoms with Gasteiger partial charge in [-0.1, -0.05) is 0 Å². The van der Waals surface area contributed by atoms with Gasteiger partial charge in [0, 0.05) is 0 Å². The fourth-order valence-corrected chi connectivity index (χ4v) is 0. The molecule has 12 heavy (non-hydrogen) atoms. The van der Waals surface area contributed by atoms with E-state index in [1.54, 1.807) is 0 Å². The minimum Gasteiger partial charge on any atom is -0.790 e. The summed E-state index contributed by atoms with van der Waals surface area (Å²) in [5.74, 6) is 0. The van der Waals surface area contributed by atoms with Crippen LogP contribution in [0.4, 0.5) is 0 Å². The van der Waals surface area contributed by atoms with Gasteiger partial charge in [-0.3, -0.25) is 0 Å². The Hall–Kier alpha value is 2.45. The summed E-state index contributed by atoms with van der Waals surface area (Å²) in [6.07, 6.45) is 0. The van der Waals surface area contributed by atoms with Crippen molar-refractivity contribution in [2.24, 2.45) is 0 Å². The van der Waals surface area contributed by atoms with Crippen LogP contribution in [0.2, 0.25) is 0 Å². The molecule has 0 fully saturated rings. The van der Waals surface area contributed by atoms with Gasteiger partial charge in [-0.25, -0.2) is 4.57 Å². The maximum Gasteiger partial charge on any atom is 1.00 e. The molecule has 0 aliphatic heterocycles. The first-order valence-electron chi connectivity index (χ1n) is 1.53. The maximum absolute atomic E-state index is 8.88. The number of hydrogen-bond acceptors (Lipinski definition) is 4. The summed E-state index contributed by atoms with van der Waals surface area (Å²) in [4.78, 5) is 45.8. The van der Waals surface area contributed by atoms with E-state index >= 15 is 0 Å². The van der Waals surface area contributed by atoms with Crippen LogP contribution >= 0.6 is 15.6 Å². The van der Waals surface area contributed by atoms with Crippen molar-refractivity contribution in [2.75, 3.05) is 0 Å². The molecule has 64 valence electrons. The van der Waals surface area contributed by atoms with Gasteiger partial charge < -0.3 is 33.9 Å². The van der Waals surface area contributed by atoms with Crippen molar-refractivity contribution in [1.82, 2.24) is 0 Å². The molecule has 0 amide bonds. The molecule has 0 heterocycles. The summed E-state index contributed by atoms with van der Waals surface area (Å²) in [5, 5.41) is 0. The Morgan fingerprint density at radius 1 is 0.917 bits per heavy atom. The Kier molecular flexibility index (Phi) is 19.9. The van der Waals surface area contributed by atoms with Gasteiger partial charge in [0.1, 0.15) is 0 Å². The van der Waals surface area contributed by atoms with E-state index in [4.69, 9.17) is 38.5 Å². The Morgan fingerprint density at radius 3 is 0.917 bits per heavy atom. The first-order valence-corrected chi connectivity index (χ1v) is 4.59. The number of phosphoric acid groups is 2. The van der Waals surface area contributed by atoms with E-state index in [0.717, 1.165) is 0 Å². The van der Waals surface area contributed by atoms with E-state index in [-0.39, 0.29) is 70.2 Å². The Balaban J connectivity index is -0.0000000457. The van der Waals surface area contributed by atoms with Crippen LogP contribution < -0.4 is 80.0 Å². The van der Waals surface area contributed by atoms with Crippen molar-refractivity contribution in [3.8, 4) is 0 Å². The van der Waals surface area contributed by atoms with Crippen molar-refractivity contribution >= 4 is 15.6 Å². The zero-order chi connectivity index (χ0) is 9.00. The van der Waals surface area contributed by atoms with E-state index in [1.807, 2.05) is 0 Å². The molecule has 0 aliphatic rings. The van der Waals surface area contributed by atoms with E-state index in [1.165, 1.54) is 0 Å². The summed E-state index contributed by atoms with van der Waals surface area (Å²) in [5.41, 5.74) is 0. The van der Waals surface area contributed by atoms with Crippen LogP contribution in [0.3, 0.4) is 0 Å². The molecule has 8 nitrogen and oxygen atoms in total. The molecule has 0 saturated heterocycles. The maximum atomic E-state index is 8.88. The average Bonchev–Trinajstić information content (AvgIpc) is 1.12. The van der Waals surface area contributed by atoms with Crippen molar-refractivity contribution in [3.63, 3.8) is 0 Å². The molecule has 0 saturated carbocycles. The summed E-state index contributed by atoms with van der Waals surface area (Å²) in [6, 6.07) is 0. The van der Waals surface area contributed by atoms with Crippen LogP contribution in [0.15, 0.2) is 0 Å². The predicted molar refractivity (Wildman–Crippen MR) is 24.1 cm³/mol. The number of hydrogen-bond donors (Lipinski definition) is 4. The molecule has 0 unspecified atom stereocenters.